The molecule has 13 heavy (non-hydrogen) atoms. The molecule has 0 aromatic heterocycles. The van der Waals surface area contributed by atoms with E-state index < -0.39 is 22.6 Å². The molecule has 0 bridgehead atoms. The smallest absolute Gasteiger partial charge is 0.258 e. The van der Waals surface area contributed by atoms with Crippen LogP contribution < -0.4 is 0 Å². The first-order chi connectivity index (χ1) is 6.04. The van der Waals surface area contributed by atoms with Crippen molar-refractivity contribution < 1.29 is 13.7 Å². The summed E-state index contributed by atoms with van der Waals surface area (Å²) in [4.78, 5) is 9.64. The Morgan fingerprint density at radius 2 is 2.08 bits per heavy atom. The Kier molecular flexibility index (Phi) is 2.55. The number of halogens is 2. The zero-order valence-corrected chi connectivity index (χ0v) is 6.83. The molecule has 1 aromatic carbocycles. The topological polar surface area (TPSA) is 43.1 Å². The number of nitro benzene ring substituents is 1. The summed E-state index contributed by atoms with van der Waals surface area (Å²) in [5, 5.41) is 10.4. The van der Waals surface area contributed by atoms with E-state index in [1.54, 1.807) is 0 Å². The Hall–Kier alpha value is -1.52. The summed E-state index contributed by atoms with van der Waals surface area (Å²) in [7, 11) is 0. The van der Waals surface area contributed by atoms with Gasteiger partial charge in [-0.05, 0) is 13.0 Å². The highest BCUT2D eigenvalue weighted by Gasteiger charge is 2.22. The van der Waals surface area contributed by atoms with Crippen molar-refractivity contribution in [3.8, 4) is 0 Å². The van der Waals surface area contributed by atoms with Crippen LogP contribution in [-0.4, -0.2) is 4.92 Å². The summed E-state index contributed by atoms with van der Waals surface area (Å²) in [5.74, 6) is 0. The van der Waals surface area contributed by atoms with Gasteiger partial charge in [0.25, 0.3) is 12.1 Å². The van der Waals surface area contributed by atoms with Crippen molar-refractivity contribution in [2.75, 3.05) is 0 Å². The fourth-order valence-electron chi connectivity index (χ4n) is 1.11. The number of aryl methyl sites for hydroxylation is 1. The fourth-order valence-corrected chi connectivity index (χ4v) is 1.11. The number of alkyl halides is 2. The largest absolute Gasteiger partial charge is 0.281 e. The van der Waals surface area contributed by atoms with Crippen molar-refractivity contribution in [3.63, 3.8) is 0 Å². The van der Waals surface area contributed by atoms with Crippen LogP contribution in [0, 0.1) is 17.0 Å². The maximum Gasteiger partial charge on any atom is 0.281 e. The molecule has 0 saturated heterocycles. The first kappa shape index (κ1) is 9.57. The lowest BCUT2D eigenvalue weighted by atomic mass is 10.1. The molecule has 1 rings (SSSR count). The van der Waals surface area contributed by atoms with E-state index in [2.05, 4.69) is 0 Å². The minimum atomic E-state index is -2.81. The summed E-state index contributed by atoms with van der Waals surface area (Å²) in [6.45, 7) is 1.43. The van der Waals surface area contributed by atoms with Crippen LogP contribution in [0.5, 0.6) is 0 Å². The third-order valence-corrected chi connectivity index (χ3v) is 1.69. The van der Waals surface area contributed by atoms with E-state index in [1.807, 2.05) is 0 Å². The summed E-state index contributed by atoms with van der Waals surface area (Å²) < 4.78 is 24.5. The molecule has 0 aliphatic rings. The molecule has 0 heterocycles. The van der Waals surface area contributed by atoms with Gasteiger partial charge in [-0.25, -0.2) is 8.78 Å². The molecule has 0 N–H and O–H groups in total. The van der Waals surface area contributed by atoms with Crippen LogP contribution in [0.2, 0.25) is 0 Å². The normalized spacial score (nSPS) is 10.5. The zero-order valence-electron chi connectivity index (χ0n) is 6.83. The molecule has 0 unspecified atom stereocenters. The van der Waals surface area contributed by atoms with Crippen LogP contribution in [-0.2, 0) is 0 Å². The Morgan fingerprint density at radius 3 is 2.46 bits per heavy atom. The zero-order chi connectivity index (χ0) is 10.0. The number of nitrogens with zero attached hydrogens (tertiary/aromatic N) is 1. The number of hydrogen-bond donors (Lipinski definition) is 0. The molecule has 5 heteroatoms. The van der Waals surface area contributed by atoms with Crippen molar-refractivity contribution in [1.82, 2.24) is 0 Å². The first-order valence-corrected chi connectivity index (χ1v) is 3.56. The van der Waals surface area contributed by atoms with Gasteiger partial charge in [0.2, 0.25) is 0 Å². The average Bonchev–Trinajstić information content (AvgIpc) is 2.02. The van der Waals surface area contributed by atoms with Crippen LogP contribution in [0.25, 0.3) is 0 Å². The maximum absolute atomic E-state index is 12.3. The Balaban J connectivity index is 3.34. The van der Waals surface area contributed by atoms with Gasteiger partial charge in [-0.3, -0.25) is 10.1 Å². The minimum absolute atomic E-state index is 0.253. The maximum atomic E-state index is 12.3. The van der Waals surface area contributed by atoms with E-state index >= 15 is 0 Å². The van der Waals surface area contributed by atoms with Crippen LogP contribution in [0.15, 0.2) is 18.2 Å². The Bertz CT molecular complexity index is 339. The van der Waals surface area contributed by atoms with E-state index in [0.29, 0.717) is 0 Å². The van der Waals surface area contributed by atoms with Gasteiger partial charge in [-0.15, -0.1) is 0 Å². The third-order valence-electron chi connectivity index (χ3n) is 1.69. The van der Waals surface area contributed by atoms with E-state index in [9.17, 15) is 18.9 Å². The van der Waals surface area contributed by atoms with E-state index in [1.165, 1.54) is 19.1 Å². The lowest BCUT2D eigenvalue weighted by Crippen LogP contribution is -1.98. The predicted molar refractivity (Wildman–Crippen MR) is 42.8 cm³/mol. The lowest BCUT2D eigenvalue weighted by Gasteiger charge is -2.02. The van der Waals surface area contributed by atoms with Crippen LogP contribution in [0.4, 0.5) is 14.5 Å². The summed E-state index contributed by atoms with van der Waals surface area (Å²) in [6, 6.07) is 3.88. The molecular formula is C8H7F2NO2. The Morgan fingerprint density at radius 1 is 1.46 bits per heavy atom. The van der Waals surface area contributed by atoms with Gasteiger partial charge in [0.15, 0.2) is 0 Å². The van der Waals surface area contributed by atoms with Gasteiger partial charge in [0, 0.05) is 5.56 Å². The second-order valence-corrected chi connectivity index (χ2v) is 2.57. The van der Waals surface area contributed by atoms with Crippen LogP contribution in [0.3, 0.4) is 0 Å². The molecule has 70 valence electrons. The van der Waals surface area contributed by atoms with Crippen LogP contribution >= 0.6 is 0 Å². The van der Waals surface area contributed by atoms with Gasteiger partial charge in [-0.2, -0.15) is 0 Å². The second kappa shape index (κ2) is 3.47. The molecular weight excluding hydrogens is 180 g/mol. The molecule has 3 nitrogen and oxygen atoms in total. The highest BCUT2D eigenvalue weighted by molar-refractivity contribution is 5.47. The molecule has 0 atom stereocenters. The number of para-hydroxylation sites is 1. The van der Waals surface area contributed by atoms with E-state index in [-0.39, 0.29) is 5.56 Å². The van der Waals surface area contributed by atoms with Gasteiger partial charge >= 0.3 is 0 Å². The van der Waals surface area contributed by atoms with E-state index in [0.717, 1.165) is 6.07 Å². The first-order valence-electron chi connectivity index (χ1n) is 3.56. The van der Waals surface area contributed by atoms with Gasteiger partial charge in [-0.1, -0.05) is 12.1 Å². The number of nitro groups is 1. The average molecular weight is 187 g/mol. The molecule has 0 saturated carbocycles. The summed E-state index contributed by atoms with van der Waals surface area (Å²) in [5.41, 5.74) is -0.759. The van der Waals surface area contributed by atoms with Crippen LogP contribution in [0.1, 0.15) is 17.6 Å². The number of benzene rings is 1. The Labute approximate surface area is 73.1 Å². The van der Waals surface area contributed by atoms with Gasteiger partial charge in [0.1, 0.15) is 0 Å². The molecule has 0 fully saturated rings. The van der Waals surface area contributed by atoms with Crippen molar-refractivity contribution >= 4 is 5.69 Å². The highest BCUT2D eigenvalue weighted by atomic mass is 19.3. The van der Waals surface area contributed by atoms with Crippen molar-refractivity contribution in [2.45, 2.75) is 13.3 Å². The van der Waals surface area contributed by atoms with Gasteiger partial charge < -0.3 is 0 Å². The molecule has 0 aliphatic heterocycles. The fraction of sp³-hybridized carbons (Fsp3) is 0.250. The second-order valence-electron chi connectivity index (χ2n) is 2.57. The molecule has 0 radical (unpaired) electrons. The predicted octanol–water partition coefficient (Wildman–Crippen LogP) is 2.84. The minimum Gasteiger partial charge on any atom is -0.258 e. The number of hydrogen-bond acceptors (Lipinski definition) is 2. The standard InChI is InChI=1S/C8H7F2NO2/c1-5-3-2-4-6(8(9)10)7(5)11(12)13/h2-4,8H,1H3. The van der Waals surface area contributed by atoms with Gasteiger partial charge in [0.05, 0.1) is 10.5 Å². The SMILES string of the molecule is Cc1cccc(C(F)F)c1[N+](=O)[O-]. The monoisotopic (exact) mass is 187 g/mol. The molecule has 0 aliphatic carbocycles. The van der Waals surface area contributed by atoms with Crippen molar-refractivity contribution in [2.24, 2.45) is 0 Å². The lowest BCUT2D eigenvalue weighted by molar-refractivity contribution is -0.386. The number of rotatable bonds is 2. The molecule has 0 spiro atoms. The molecule has 0 amide bonds. The summed E-state index contributed by atoms with van der Waals surface area (Å²) >= 11 is 0. The molecule has 1 aromatic rings. The van der Waals surface area contributed by atoms with Crippen molar-refractivity contribution in [3.05, 3.63) is 39.4 Å². The third kappa shape index (κ3) is 1.80. The quantitative estimate of drug-likeness (QED) is 0.527. The summed E-state index contributed by atoms with van der Waals surface area (Å²) in [6.07, 6.45) is -2.81. The van der Waals surface area contributed by atoms with Crippen molar-refractivity contribution in [1.29, 1.82) is 0 Å². The highest BCUT2D eigenvalue weighted by Crippen LogP contribution is 2.30. The van der Waals surface area contributed by atoms with E-state index in [4.69, 9.17) is 0 Å².